The molecule has 0 aromatic carbocycles. The molecular formula is C18H22N2O4S2. The van der Waals surface area contributed by atoms with Crippen LogP contribution in [-0.4, -0.2) is 30.4 Å². The van der Waals surface area contributed by atoms with E-state index >= 15 is 0 Å². The fourth-order valence-corrected chi connectivity index (χ4v) is 4.24. The molecule has 0 fully saturated rings. The third-order valence-electron chi connectivity index (χ3n) is 3.76. The van der Waals surface area contributed by atoms with E-state index in [1.165, 1.54) is 22.7 Å². The summed E-state index contributed by atoms with van der Waals surface area (Å²) >= 11 is 2.64. The predicted octanol–water partition coefficient (Wildman–Crippen LogP) is 3.61. The fourth-order valence-electron chi connectivity index (χ4n) is 2.47. The first-order chi connectivity index (χ1) is 12.4. The molecule has 2 amide bonds. The van der Waals surface area contributed by atoms with Crippen molar-refractivity contribution in [2.45, 2.75) is 40.2 Å². The monoisotopic (exact) mass is 394 g/mol. The van der Waals surface area contributed by atoms with E-state index in [-0.39, 0.29) is 18.4 Å². The zero-order valence-corrected chi connectivity index (χ0v) is 16.8. The molecule has 1 atom stereocenters. The summed E-state index contributed by atoms with van der Waals surface area (Å²) in [6.07, 6.45) is 0.664. The molecular weight excluding hydrogens is 372 g/mol. The van der Waals surface area contributed by atoms with Gasteiger partial charge in [0.25, 0.3) is 5.91 Å². The first-order valence-corrected chi connectivity index (χ1v) is 10.0. The maximum atomic E-state index is 12.5. The van der Waals surface area contributed by atoms with Crippen LogP contribution >= 0.6 is 22.7 Å². The number of aryl methyl sites for hydroxylation is 1. The van der Waals surface area contributed by atoms with E-state index in [2.05, 4.69) is 10.6 Å². The van der Waals surface area contributed by atoms with E-state index in [9.17, 15) is 14.4 Å². The predicted molar refractivity (Wildman–Crippen MR) is 104 cm³/mol. The zero-order chi connectivity index (χ0) is 19.3. The molecule has 0 aliphatic heterocycles. The Labute approximate surface area is 160 Å². The molecule has 0 saturated heterocycles. The van der Waals surface area contributed by atoms with Crippen LogP contribution in [0.2, 0.25) is 0 Å². The molecule has 0 radical (unpaired) electrons. The number of rotatable bonds is 7. The van der Waals surface area contributed by atoms with Crippen LogP contribution in [0.25, 0.3) is 0 Å². The highest BCUT2D eigenvalue weighted by atomic mass is 32.1. The Morgan fingerprint density at radius 2 is 2.00 bits per heavy atom. The average molecular weight is 395 g/mol. The molecule has 8 heteroatoms. The number of hydrogen-bond donors (Lipinski definition) is 2. The minimum absolute atomic E-state index is 0.261. The van der Waals surface area contributed by atoms with E-state index in [1.807, 2.05) is 13.8 Å². The number of ether oxygens (including phenoxy) is 1. The standard InChI is InChI=1S/C18H22N2O4S2/c1-5-12-11(4)26-17(14(12)18(23)24-6-2)20-15(21)10(3)19-16(22)13-8-7-9-25-13/h7-10H,5-6H2,1-4H3,(H,19,22)(H,20,21). The molecule has 6 nitrogen and oxygen atoms in total. The van der Waals surface area contributed by atoms with Crippen molar-refractivity contribution in [2.75, 3.05) is 11.9 Å². The summed E-state index contributed by atoms with van der Waals surface area (Å²) in [4.78, 5) is 38.4. The lowest BCUT2D eigenvalue weighted by Gasteiger charge is -2.14. The third-order valence-corrected chi connectivity index (χ3v) is 5.70. The fraction of sp³-hybridized carbons (Fsp3) is 0.389. The Kier molecular flexibility index (Phi) is 6.93. The van der Waals surface area contributed by atoms with E-state index < -0.39 is 12.0 Å². The number of thiophene rings is 2. The molecule has 2 heterocycles. The van der Waals surface area contributed by atoms with Gasteiger partial charge in [-0.3, -0.25) is 9.59 Å². The topological polar surface area (TPSA) is 84.5 Å². The molecule has 0 spiro atoms. The molecule has 26 heavy (non-hydrogen) atoms. The van der Waals surface area contributed by atoms with Gasteiger partial charge in [0, 0.05) is 4.88 Å². The number of nitrogens with one attached hydrogen (secondary N) is 2. The number of esters is 1. The van der Waals surface area contributed by atoms with Crippen molar-refractivity contribution in [1.29, 1.82) is 0 Å². The molecule has 0 aliphatic rings. The molecule has 0 saturated carbocycles. The second-order valence-corrected chi connectivity index (χ2v) is 7.75. The maximum absolute atomic E-state index is 12.5. The SMILES string of the molecule is CCOC(=O)c1c(NC(=O)C(C)NC(=O)c2cccs2)sc(C)c1CC. The second kappa shape index (κ2) is 8.95. The highest BCUT2D eigenvalue weighted by Gasteiger charge is 2.25. The summed E-state index contributed by atoms with van der Waals surface area (Å²) in [7, 11) is 0. The largest absolute Gasteiger partial charge is 0.462 e. The molecule has 2 aromatic rings. The first-order valence-electron chi connectivity index (χ1n) is 8.33. The van der Waals surface area contributed by atoms with Crippen molar-refractivity contribution >= 4 is 45.5 Å². The Morgan fingerprint density at radius 1 is 1.27 bits per heavy atom. The summed E-state index contributed by atoms with van der Waals surface area (Å²) in [5.41, 5.74) is 1.28. The highest BCUT2D eigenvalue weighted by Crippen LogP contribution is 2.34. The van der Waals surface area contributed by atoms with Gasteiger partial charge >= 0.3 is 5.97 Å². The van der Waals surface area contributed by atoms with Crippen molar-refractivity contribution in [1.82, 2.24) is 5.32 Å². The van der Waals surface area contributed by atoms with Gasteiger partial charge in [0.1, 0.15) is 11.0 Å². The molecule has 2 rings (SSSR count). The van der Waals surface area contributed by atoms with Crippen LogP contribution < -0.4 is 10.6 Å². The Morgan fingerprint density at radius 3 is 2.58 bits per heavy atom. The smallest absolute Gasteiger partial charge is 0.341 e. The van der Waals surface area contributed by atoms with Crippen LogP contribution in [0.1, 0.15) is 51.2 Å². The van der Waals surface area contributed by atoms with Gasteiger partial charge in [-0.2, -0.15) is 0 Å². The van der Waals surface area contributed by atoms with E-state index in [1.54, 1.807) is 31.4 Å². The van der Waals surface area contributed by atoms with Gasteiger partial charge in [0.05, 0.1) is 17.0 Å². The summed E-state index contributed by atoms with van der Waals surface area (Å²) < 4.78 is 5.13. The summed E-state index contributed by atoms with van der Waals surface area (Å²) in [6.45, 7) is 7.46. The van der Waals surface area contributed by atoms with Crippen molar-refractivity contribution in [2.24, 2.45) is 0 Å². The van der Waals surface area contributed by atoms with Crippen LogP contribution in [0.3, 0.4) is 0 Å². The lowest BCUT2D eigenvalue weighted by molar-refractivity contribution is -0.117. The van der Waals surface area contributed by atoms with Crippen molar-refractivity contribution < 1.29 is 19.1 Å². The van der Waals surface area contributed by atoms with Gasteiger partial charge in [-0.1, -0.05) is 13.0 Å². The van der Waals surface area contributed by atoms with Crippen LogP contribution in [-0.2, 0) is 16.0 Å². The molecule has 2 aromatic heterocycles. The molecule has 0 aliphatic carbocycles. The Balaban J connectivity index is 2.15. The number of carbonyl (C=O) groups excluding carboxylic acids is 3. The normalized spacial score (nSPS) is 11.7. The average Bonchev–Trinajstić information content (AvgIpc) is 3.22. The minimum atomic E-state index is -0.743. The van der Waals surface area contributed by atoms with Gasteiger partial charge in [0.2, 0.25) is 5.91 Å². The summed E-state index contributed by atoms with van der Waals surface area (Å²) in [6, 6.07) is 2.73. The summed E-state index contributed by atoms with van der Waals surface area (Å²) in [5, 5.41) is 7.68. The van der Waals surface area contributed by atoms with Gasteiger partial charge in [0.15, 0.2) is 0 Å². The third kappa shape index (κ3) is 4.50. The molecule has 1 unspecified atom stereocenters. The number of hydrogen-bond acceptors (Lipinski definition) is 6. The van der Waals surface area contributed by atoms with Gasteiger partial charge < -0.3 is 15.4 Å². The van der Waals surface area contributed by atoms with Crippen LogP contribution in [0.15, 0.2) is 17.5 Å². The minimum Gasteiger partial charge on any atom is -0.462 e. The molecule has 2 N–H and O–H groups in total. The maximum Gasteiger partial charge on any atom is 0.341 e. The van der Waals surface area contributed by atoms with Crippen LogP contribution in [0, 0.1) is 6.92 Å². The molecule has 0 bridgehead atoms. The van der Waals surface area contributed by atoms with Crippen molar-refractivity contribution in [3.8, 4) is 0 Å². The lowest BCUT2D eigenvalue weighted by atomic mass is 10.1. The Hall–Kier alpha value is -2.19. The quantitative estimate of drug-likeness (QED) is 0.703. The van der Waals surface area contributed by atoms with Gasteiger partial charge in [-0.15, -0.1) is 22.7 Å². The van der Waals surface area contributed by atoms with E-state index in [0.29, 0.717) is 21.9 Å². The highest BCUT2D eigenvalue weighted by molar-refractivity contribution is 7.16. The molecule has 140 valence electrons. The van der Waals surface area contributed by atoms with E-state index in [0.717, 1.165) is 10.4 Å². The van der Waals surface area contributed by atoms with Crippen molar-refractivity contribution in [3.63, 3.8) is 0 Å². The number of anilines is 1. The van der Waals surface area contributed by atoms with Gasteiger partial charge in [-0.25, -0.2) is 4.79 Å². The van der Waals surface area contributed by atoms with Gasteiger partial charge in [-0.05, 0) is 44.2 Å². The van der Waals surface area contributed by atoms with E-state index in [4.69, 9.17) is 4.74 Å². The van der Waals surface area contributed by atoms with Crippen molar-refractivity contribution in [3.05, 3.63) is 38.4 Å². The van der Waals surface area contributed by atoms with Crippen LogP contribution in [0.4, 0.5) is 5.00 Å². The number of amides is 2. The number of carbonyl (C=O) groups is 3. The Bertz CT molecular complexity index is 796. The lowest BCUT2D eigenvalue weighted by Crippen LogP contribution is -2.41. The van der Waals surface area contributed by atoms with Crippen LogP contribution in [0.5, 0.6) is 0 Å². The zero-order valence-electron chi connectivity index (χ0n) is 15.2. The first kappa shape index (κ1) is 20.1. The summed E-state index contributed by atoms with van der Waals surface area (Å²) in [5.74, 6) is -1.13. The second-order valence-electron chi connectivity index (χ2n) is 5.58.